The number of aliphatic hydroxyl groups excluding tert-OH is 1. The molecule has 0 aromatic carbocycles. The summed E-state index contributed by atoms with van der Waals surface area (Å²) in [6.45, 7) is 4.29. The molecule has 0 radical (unpaired) electrons. The van der Waals surface area contributed by atoms with Crippen molar-refractivity contribution in [3.8, 4) is 0 Å². The van der Waals surface area contributed by atoms with E-state index in [0.717, 1.165) is 18.8 Å². The molecule has 1 aliphatic carbocycles. The highest BCUT2D eigenvalue weighted by Crippen LogP contribution is 2.30. The van der Waals surface area contributed by atoms with E-state index >= 15 is 0 Å². The molecule has 0 heterocycles. The molecule has 3 N–H and O–H groups in total. The minimum Gasteiger partial charge on any atom is -0.391 e. The van der Waals surface area contributed by atoms with E-state index in [1.807, 2.05) is 0 Å². The van der Waals surface area contributed by atoms with Crippen LogP contribution in [0, 0.1) is 11.8 Å². The van der Waals surface area contributed by atoms with E-state index in [1.165, 1.54) is 6.42 Å². The SMILES string of the molecule is CC[C@@H]1C[C@@H](N)[C@H](O)[C@@H](C)C1. The van der Waals surface area contributed by atoms with Gasteiger partial charge in [0.15, 0.2) is 0 Å². The molecular weight excluding hydrogens is 138 g/mol. The van der Waals surface area contributed by atoms with Gasteiger partial charge in [0, 0.05) is 6.04 Å². The summed E-state index contributed by atoms with van der Waals surface area (Å²) < 4.78 is 0. The van der Waals surface area contributed by atoms with E-state index in [9.17, 15) is 5.11 Å². The molecule has 1 fully saturated rings. The first-order chi connectivity index (χ1) is 5.15. The summed E-state index contributed by atoms with van der Waals surface area (Å²) in [5.41, 5.74) is 5.78. The van der Waals surface area contributed by atoms with Crippen LogP contribution in [0.2, 0.25) is 0 Å². The normalized spacial score (nSPS) is 45.8. The number of nitrogens with two attached hydrogens (primary N) is 1. The van der Waals surface area contributed by atoms with E-state index in [0.29, 0.717) is 5.92 Å². The zero-order chi connectivity index (χ0) is 8.43. The molecule has 1 saturated carbocycles. The summed E-state index contributed by atoms with van der Waals surface area (Å²) in [6, 6.07) is 0.0173. The van der Waals surface area contributed by atoms with Crippen molar-refractivity contribution in [1.82, 2.24) is 0 Å². The van der Waals surface area contributed by atoms with Gasteiger partial charge in [0.1, 0.15) is 0 Å². The molecule has 1 aliphatic rings. The van der Waals surface area contributed by atoms with Crippen molar-refractivity contribution in [3.05, 3.63) is 0 Å². The lowest BCUT2D eigenvalue weighted by Gasteiger charge is -2.35. The fourth-order valence-electron chi connectivity index (χ4n) is 2.04. The first kappa shape index (κ1) is 9.01. The first-order valence-corrected chi connectivity index (χ1v) is 4.58. The smallest absolute Gasteiger partial charge is 0.0716 e. The topological polar surface area (TPSA) is 46.2 Å². The molecule has 1 rings (SSSR count). The molecule has 66 valence electrons. The molecule has 0 saturated heterocycles. The number of aliphatic hydroxyl groups is 1. The van der Waals surface area contributed by atoms with Crippen LogP contribution in [0.4, 0.5) is 0 Å². The summed E-state index contributed by atoms with van der Waals surface area (Å²) >= 11 is 0. The van der Waals surface area contributed by atoms with Gasteiger partial charge >= 0.3 is 0 Å². The van der Waals surface area contributed by atoms with Gasteiger partial charge in [-0.2, -0.15) is 0 Å². The third kappa shape index (κ3) is 1.94. The Bertz CT molecular complexity index is 115. The van der Waals surface area contributed by atoms with Crippen LogP contribution in [0.1, 0.15) is 33.1 Å². The molecule has 0 spiro atoms. The van der Waals surface area contributed by atoms with Crippen molar-refractivity contribution in [2.24, 2.45) is 17.6 Å². The van der Waals surface area contributed by atoms with E-state index in [2.05, 4.69) is 13.8 Å². The van der Waals surface area contributed by atoms with Crippen molar-refractivity contribution in [2.45, 2.75) is 45.3 Å². The molecule has 2 nitrogen and oxygen atoms in total. The Morgan fingerprint density at radius 1 is 1.45 bits per heavy atom. The quantitative estimate of drug-likeness (QED) is 0.599. The van der Waals surface area contributed by atoms with E-state index in [4.69, 9.17) is 5.73 Å². The standard InChI is InChI=1S/C9H19NO/c1-3-7-4-6(2)9(11)8(10)5-7/h6-9,11H,3-5,10H2,1-2H3/t6-,7-,8+,9+/m0/s1. The molecular formula is C9H19NO. The van der Waals surface area contributed by atoms with Crippen LogP contribution >= 0.6 is 0 Å². The highest BCUT2D eigenvalue weighted by atomic mass is 16.3. The number of hydrogen-bond donors (Lipinski definition) is 2. The van der Waals surface area contributed by atoms with Gasteiger partial charge in [0.2, 0.25) is 0 Å². The monoisotopic (exact) mass is 157 g/mol. The molecule has 0 bridgehead atoms. The third-order valence-corrected chi connectivity index (χ3v) is 2.91. The van der Waals surface area contributed by atoms with Crippen LogP contribution in [-0.4, -0.2) is 17.3 Å². The lowest BCUT2D eigenvalue weighted by molar-refractivity contribution is 0.0376. The van der Waals surface area contributed by atoms with E-state index in [1.54, 1.807) is 0 Å². The Labute approximate surface area is 68.8 Å². The molecule has 11 heavy (non-hydrogen) atoms. The average Bonchev–Trinajstić information content (AvgIpc) is 1.99. The Balaban J connectivity index is 2.47. The Morgan fingerprint density at radius 2 is 2.09 bits per heavy atom. The predicted molar refractivity (Wildman–Crippen MR) is 46.2 cm³/mol. The van der Waals surface area contributed by atoms with E-state index < -0.39 is 0 Å². The maximum absolute atomic E-state index is 9.53. The Hall–Kier alpha value is -0.0800. The van der Waals surface area contributed by atoms with Gasteiger partial charge in [-0.1, -0.05) is 20.3 Å². The second-order valence-corrected chi connectivity index (χ2v) is 3.88. The average molecular weight is 157 g/mol. The summed E-state index contributed by atoms with van der Waals surface area (Å²) in [5, 5.41) is 9.53. The van der Waals surface area contributed by atoms with Crippen LogP contribution in [0.3, 0.4) is 0 Å². The Kier molecular flexibility index (Phi) is 2.90. The number of rotatable bonds is 1. The highest BCUT2D eigenvalue weighted by molar-refractivity contribution is 4.85. The summed E-state index contributed by atoms with van der Waals surface area (Å²) in [4.78, 5) is 0. The minimum atomic E-state index is -0.266. The zero-order valence-electron chi connectivity index (χ0n) is 7.46. The molecule has 4 atom stereocenters. The molecule has 0 aromatic heterocycles. The fraction of sp³-hybridized carbons (Fsp3) is 1.00. The second-order valence-electron chi connectivity index (χ2n) is 3.88. The highest BCUT2D eigenvalue weighted by Gasteiger charge is 2.30. The summed E-state index contributed by atoms with van der Waals surface area (Å²) in [6.07, 6.45) is 3.08. The lowest BCUT2D eigenvalue weighted by atomic mass is 9.77. The first-order valence-electron chi connectivity index (χ1n) is 4.58. The van der Waals surface area contributed by atoms with Gasteiger partial charge in [-0.25, -0.2) is 0 Å². The van der Waals surface area contributed by atoms with Crippen LogP contribution in [0.25, 0.3) is 0 Å². The van der Waals surface area contributed by atoms with Gasteiger partial charge in [-0.3, -0.25) is 0 Å². The molecule has 0 amide bonds. The van der Waals surface area contributed by atoms with Crippen LogP contribution in [0.15, 0.2) is 0 Å². The maximum atomic E-state index is 9.53. The van der Waals surface area contributed by atoms with Crippen molar-refractivity contribution >= 4 is 0 Å². The van der Waals surface area contributed by atoms with Crippen LogP contribution < -0.4 is 5.73 Å². The zero-order valence-corrected chi connectivity index (χ0v) is 7.46. The van der Waals surface area contributed by atoms with Crippen molar-refractivity contribution < 1.29 is 5.11 Å². The van der Waals surface area contributed by atoms with Gasteiger partial charge < -0.3 is 10.8 Å². The predicted octanol–water partition coefficient (Wildman–Crippen LogP) is 1.13. The van der Waals surface area contributed by atoms with Crippen molar-refractivity contribution in [1.29, 1.82) is 0 Å². The maximum Gasteiger partial charge on any atom is 0.0716 e. The van der Waals surface area contributed by atoms with Crippen LogP contribution in [0.5, 0.6) is 0 Å². The molecule has 0 unspecified atom stereocenters. The number of hydrogen-bond acceptors (Lipinski definition) is 2. The fourth-order valence-corrected chi connectivity index (χ4v) is 2.04. The van der Waals surface area contributed by atoms with E-state index in [-0.39, 0.29) is 12.1 Å². The van der Waals surface area contributed by atoms with Gasteiger partial charge in [0.05, 0.1) is 6.10 Å². The molecule has 2 heteroatoms. The summed E-state index contributed by atoms with van der Waals surface area (Å²) in [7, 11) is 0. The van der Waals surface area contributed by atoms with Gasteiger partial charge in [-0.15, -0.1) is 0 Å². The molecule has 0 aromatic rings. The molecule has 0 aliphatic heterocycles. The largest absolute Gasteiger partial charge is 0.391 e. The van der Waals surface area contributed by atoms with Crippen molar-refractivity contribution in [2.75, 3.05) is 0 Å². The van der Waals surface area contributed by atoms with Gasteiger partial charge in [0.25, 0.3) is 0 Å². The third-order valence-electron chi connectivity index (χ3n) is 2.91. The van der Waals surface area contributed by atoms with Gasteiger partial charge in [-0.05, 0) is 24.7 Å². The van der Waals surface area contributed by atoms with Crippen molar-refractivity contribution in [3.63, 3.8) is 0 Å². The minimum absolute atomic E-state index is 0.0173. The second kappa shape index (κ2) is 3.55. The Morgan fingerprint density at radius 3 is 2.55 bits per heavy atom. The lowest BCUT2D eigenvalue weighted by Crippen LogP contribution is -2.45. The summed E-state index contributed by atoms with van der Waals surface area (Å²) in [5.74, 6) is 1.13. The van der Waals surface area contributed by atoms with Crippen LogP contribution in [-0.2, 0) is 0 Å².